The van der Waals surface area contributed by atoms with E-state index in [4.69, 9.17) is 22.6 Å². The molecule has 0 spiro atoms. The van der Waals surface area contributed by atoms with Gasteiger partial charge < -0.3 is 5.73 Å². The number of aromatic nitrogens is 2. The summed E-state index contributed by atoms with van der Waals surface area (Å²) < 4.78 is 1.83. The minimum absolute atomic E-state index is 0.653. The number of aryl methyl sites for hydroxylation is 1. The monoisotopic (exact) mass is 226 g/mol. The Morgan fingerprint density at radius 2 is 2.40 bits per heavy atom. The molecule has 0 amide bonds. The van der Waals surface area contributed by atoms with Crippen molar-refractivity contribution < 1.29 is 0 Å². The molecule has 5 heteroatoms. The molecule has 2 N–H and O–H groups in total. The van der Waals surface area contributed by atoms with E-state index in [0.29, 0.717) is 11.4 Å². The minimum atomic E-state index is -0.745. The highest BCUT2D eigenvalue weighted by molar-refractivity contribution is 6.31. The van der Waals surface area contributed by atoms with Crippen LogP contribution in [0.2, 0.25) is 5.02 Å². The van der Waals surface area contributed by atoms with Gasteiger partial charge in [-0.3, -0.25) is 4.68 Å². The molecular weight excluding hydrogens is 212 g/mol. The summed E-state index contributed by atoms with van der Waals surface area (Å²) in [6.45, 7) is 4.39. The predicted molar refractivity (Wildman–Crippen MR) is 59.4 cm³/mol. The highest BCUT2D eigenvalue weighted by Gasteiger charge is 2.16. The third-order valence-electron chi connectivity index (χ3n) is 2.36. The molecule has 1 rings (SSSR count). The zero-order chi connectivity index (χ0) is 11.5. The van der Waals surface area contributed by atoms with E-state index in [9.17, 15) is 0 Å². The Hall–Kier alpha value is -1.05. The largest absolute Gasteiger partial charge is 0.314 e. The number of hydrogen-bond acceptors (Lipinski definition) is 3. The van der Waals surface area contributed by atoms with Gasteiger partial charge in [-0.05, 0) is 26.7 Å². The summed E-state index contributed by atoms with van der Waals surface area (Å²) in [5, 5.41) is 13.5. The molecule has 0 saturated carbocycles. The van der Waals surface area contributed by atoms with Gasteiger partial charge in [-0.1, -0.05) is 11.6 Å². The lowest BCUT2D eigenvalue weighted by atomic mass is 9.99. The van der Waals surface area contributed by atoms with E-state index in [0.717, 1.165) is 18.7 Å². The van der Waals surface area contributed by atoms with Crippen LogP contribution in [0.5, 0.6) is 0 Å². The molecular formula is C10H15ClN4. The number of nitriles is 1. The molecule has 4 nitrogen and oxygen atoms in total. The highest BCUT2D eigenvalue weighted by Crippen LogP contribution is 2.15. The van der Waals surface area contributed by atoms with Gasteiger partial charge in [-0.25, -0.2) is 0 Å². The second-order valence-electron chi connectivity index (χ2n) is 3.93. The summed E-state index contributed by atoms with van der Waals surface area (Å²) >= 11 is 5.87. The molecule has 0 aliphatic carbocycles. The smallest absolute Gasteiger partial charge is 0.101 e. The van der Waals surface area contributed by atoms with Crippen molar-refractivity contribution in [2.45, 2.75) is 38.8 Å². The first-order valence-corrected chi connectivity index (χ1v) is 5.22. The van der Waals surface area contributed by atoms with Gasteiger partial charge >= 0.3 is 0 Å². The number of halogens is 1. The standard InChI is InChI=1S/C10H15ClN4/c1-8-9(11)6-14-15(8)5-3-4-10(2,13)7-12/h6H,3-5,13H2,1-2H3. The molecule has 0 bridgehead atoms. The molecule has 1 aromatic rings. The van der Waals surface area contributed by atoms with Gasteiger partial charge in [0.15, 0.2) is 0 Å². The molecule has 82 valence electrons. The van der Waals surface area contributed by atoms with Crippen LogP contribution >= 0.6 is 11.6 Å². The lowest BCUT2D eigenvalue weighted by molar-refractivity contribution is 0.467. The van der Waals surface area contributed by atoms with Crippen molar-refractivity contribution in [1.82, 2.24) is 9.78 Å². The number of rotatable bonds is 4. The molecule has 0 saturated heterocycles. The molecule has 1 unspecified atom stereocenters. The molecule has 0 aliphatic heterocycles. The third-order valence-corrected chi connectivity index (χ3v) is 2.74. The Bertz CT molecular complexity index is 375. The van der Waals surface area contributed by atoms with Crippen molar-refractivity contribution >= 4 is 11.6 Å². The van der Waals surface area contributed by atoms with Gasteiger partial charge in [-0.15, -0.1) is 0 Å². The van der Waals surface area contributed by atoms with Gasteiger partial charge in [-0.2, -0.15) is 10.4 Å². The fourth-order valence-corrected chi connectivity index (χ4v) is 1.44. The normalized spacial score (nSPS) is 14.6. The quantitative estimate of drug-likeness (QED) is 0.852. The Kier molecular flexibility index (Phi) is 3.72. The van der Waals surface area contributed by atoms with Crippen LogP contribution in [0.25, 0.3) is 0 Å². The Balaban J connectivity index is 2.46. The van der Waals surface area contributed by atoms with Crippen LogP contribution in [0, 0.1) is 18.3 Å². The molecule has 1 heterocycles. The van der Waals surface area contributed by atoms with Gasteiger partial charge in [0.05, 0.1) is 23.0 Å². The average Bonchev–Trinajstić information content (AvgIpc) is 2.49. The van der Waals surface area contributed by atoms with E-state index in [1.165, 1.54) is 0 Å². The molecule has 0 fully saturated rings. The zero-order valence-corrected chi connectivity index (χ0v) is 9.75. The first-order valence-electron chi connectivity index (χ1n) is 4.84. The van der Waals surface area contributed by atoms with Gasteiger partial charge in [0, 0.05) is 6.54 Å². The Labute approximate surface area is 94.6 Å². The van der Waals surface area contributed by atoms with E-state index in [1.54, 1.807) is 13.1 Å². The summed E-state index contributed by atoms with van der Waals surface area (Å²) in [6, 6.07) is 2.07. The van der Waals surface area contributed by atoms with Gasteiger partial charge in [0.25, 0.3) is 0 Å². The number of nitrogens with zero attached hydrogens (tertiary/aromatic N) is 3. The molecule has 0 aromatic carbocycles. The van der Waals surface area contributed by atoms with E-state index >= 15 is 0 Å². The van der Waals surface area contributed by atoms with Crippen LogP contribution in [0.4, 0.5) is 0 Å². The SMILES string of the molecule is Cc1c(Cl)cnn1CCCC(C)(N)C#N. The Morgan fingerprint density at radius 3 is 2.87 bits per heavy atom. The molecule has 15 heavy (non-hydrogen) atoms. The van der Waals surface area contributed by atoms with E-state index in [1.807, 2.05) is 11.6 Å². The average molecular weight is 227 g/mol. The van der Waals surface area contributed by atoms with Crippen molar-refractivity contribution in [3.8, 4) is 6.07 Å². The fraction of sp³-hybridized carbons (Fsp3) is 0.600. The maximum absolute atomic E-state index is 8.73. The van der Waals surface area contributed by atoms with Crippen LogP contribution in [0.1, 0.15) is 25.5 Å². The van der Waals surface area contributed by atoms with Crippen LogP contribution in [0.15, 0.2) is 6.20 Å². The third kappa shape index (κ3) is 3.22. The van der Waals surface area contributed by atoms with Gasteiger partial charge in [0.1, 0.15) is 5.54 Å². The Morgan fingerprint density at radius 1 is 1.73 bits per heavy atom. The van der Waals surface area contributed by atoms with Crippen molar-refractivity contribution in [3.05, 3.63) is 16.9 Å². The number of hydrogen-bond donors (Lipinski definition) is 1. The zero-order valence-electron chi connectivity index (χ0n) is 9.00. The fourth-order valence-electron chi connectivity index (χ4n) is 1.30. The maximum Gasteiger partial charge on any atom is 0.101 e. The first kappa shape index (κ1) is 12.0. The molecule has 0 aliphatic rings. The topological polar surface area (TPSA) is 67.6 Å². The molecule has 1 aromatic heterocycles. The lowest BCUT2D eigenvalue weighted by Gasteiger charge is -2.14. The second kappa shape index (κ2) is 4.65. The van der Waals surface area contributed by atoms with Crippen molar-refractivity contribution in [2.75, 3.05) is 0 Å². The summed E-state index contributed by atoms with van der Waals surface area (Å²) in [5.74, 6) is 0. The van der Waals surface area contributed by atoms with Gasteiger partial charge in [0.2, 0.25) is 0 Å². The lowest BCUT2D eigenvalue weighted by Crippen LogP contribution is -2.34. The van der Waals surface area contributed by atoms with Crippen molar-refractivity contribution in [3.63, 3.8) is 0 Å². The maximum atomic E-state index is 8.73. The summed E-state index contributed by atoms with van der Waals surface area (Å²) in [4.78, 5) is 0. The molecule has 0 radical (unpaired) electrons. The summed E-state index contributed by atoms with van der Waals surface area (Å²) in [5.41, 5.74) is 5.91. The highest BCUT2D eigenvalue weighted by atomic mass is 35.5. The molecule has 1 atom stereocenters. The van der Waals surface area contributed by atoms with E-state index in [2.05, 4.69) is 11.2 Å². The second-order valence-corrected chi connectivity index (χ2v) is 4.34. The minimum Gasteiger partial charge on any atom is -0.314 e. The first-order chi connectivity index (χ1) is 6.96. The van der Waals surface area contributed by atoms with Crippen molar-refractivity contribution in [1.29, 1.82) is 5.26 Å². The predicted octanol–water partition coefficient (Wildman–Crippen LogP) is 1.87. The van der Waals surface area contributed by atoms with Crippen LogP contribution in [-0.4, -0.2) is 15.3 Å². The number of nitrogens with two attached hydrogens (primary N) is 1. The van der Waals surface area contributed by atoms with E-state index in [-0.39, 0.29) is 0 Å². The van der Waals surface area contributed by atoms with Crippen LogP contribution < -0.4 is 5.73 Å². The summed E-state index contributed by atoms with van der Waals surface area (Å²) in [7, 11) is 0. The summed E-state index contributed by atoms with van der Waals surface area (Å²) in [6.07, 6.45) is 3.10. The van der Waals surface area contributed by atoms with Crippen molar-refractivity contribution in [2.24, 2.45) is 5.73 Å². The van der Waals surface area contributed by atoms with Crippen LogP contribution in [-0.2, 0) is 6.54 Å². The van der Waals surface area contributed by atoms with E-state index < -0.39 is 5.54 Å². The van der Waals surface area contributed by atoms with Crippen LogP contribution in [0.3, 0.4) is 0 Å².